The van der Waals surface area contributed by atoms with Crippen molar-refractivity contribution < 1.29 is 18.7 Å². The van der Waals surface area contributed by atoms with E-state index in [-0.39, 0.29) is 12.3 Å². The summed E-state index contributed by atoms with van der Waals surface area (Å²) in [7, 11) is 1.40. The van der Waals surface area contributed by atoms with Crippen LogP contribution in [0, 0.1) is 5.82 Å². The number of carbonyl (C=O) groups excluding carboxylic acids is 2. The molecule has 0 saturated heterocycles. The van der Waals surface area contributed by atoms with Gasteiger partial charge in [0.2, 0.25) is 5.91 Å². The molecule has 0 aliphatic heterocycles. The van der Waals surface area contributed by atoms with Gasteiger partial charge in [-0.05, 0) is 17.7 Å². The van der Waals surface area contributed by atoms with Crippen molar-refractivity contribution in [2.75, 3.05) is 19.0 Å². The predicted octanol–water partition coefficient (Wildman–Crippen LogP) is 2.27. The molecule has 3 N–H and O–H groups in total. The first-order chi connectivity index (χ1) is 11.6. The molecule has 0 aliphatic carbocycles. The highest BCUT2D eigenvalue weighted by molar-refractivity contribution is 5.96. The van der Waals surface area contributed by atoms with Crippen LogP contribution < -0.4 is 20.7 Å². The minimum Gasteiger partial charge on any atom is -0.494 e. The zero-order valence-corrected chi connectivity index (χ0v) is 13.1. The number of amides is 3. The average Bonchev–Trinajstić information content (AvgIpc) is 2.59. The number of ether oxygens (including phenoxy) is 1. The van der Waals surface area contributed by atoms with Crippen LogP contribution in [-0.4, -0.2) is 25.6 Å². The van der Waals surface area contributed by atoms with Crippen molar-refractivity contribution in [2.45, 2.75) is 6.54 Å². The SMILES string of the molecule is COc1cc(F)ccc1NCC(=O)NC(=O)NCc1ccccc1. The van der Waals surface area contributed by atoms with Crippen LogP contribution in [0.15, 0.2) is 48.5 Å². The Bertz CT molecular complexity index is 707. The van der Waals surface area contributed by atoms with E-state index in [1.807, 2.05) is 30.3 Å². The number of methoxy groups -OCH3 is 1. The lowest BCUT2D eigenvalue weighted by Crippen LogP contribution is -2.41. The molecule has 0 spiro atoms. The lowest BCUT2D eigenvalue weighted by atomic mass is 10.2. The molecule has 24 heavy (non-hydrogen) atoms. The summed E-state index contributed by atoms with van der Waals surface area (Å²) in [6.07, 6.45) is 0. The molecule has 0 bridgehead atoms. The number of benzene rings is 2. The first-order valence-corrected chi connectivity index (χ1v) is 7.27. The van der Waals surface area contributed by atoms with E-state index in [2.05, 4.69) is 16.0 Å². The van der Waals surface area contributed by atoms with Crippen LogP contribution in [0.4, 0.5) is 14.9 Å². The molecule has 2 rings (SSSR count). The van der Waals surface area contributed by atoms with Crippen LogP contribution >= 0.6 is 0 Å². The fourth-order valence-electron chi connectivity index (χ4n) is 1.98. The number of rotatable bonds is 6. The van der Waals surface area contributed by atoms with E-state index in [1.165, 1.54) is 25.3 Å². The second-order valence-corrected chi connectivity index (χ2v) is 4.91. The van der Waals surface area contributed by atoms with Gasteiger partial charge in [-0.25, -0.2) is 9.18 Å². The van der Waals surface area contributed by atoms with Gasteiger partial charge in [0.1, 0.15) is 11.6 Å². The van der Waals surface area contributed by atoms with Gasteiger partial charge < -0.3 is 15.4 Å². The Morgan fingerprint density at radius 1 is 1.12 bits per heavy atom. The maximum absolute atomic E-state index is 13.1. The maximum Gasteiger partial charge on any atom is 0.321 e. The summed E-state index contributed by atoms with van der Waals surface area (Å²) in [5.74, 6) is -0.689. The molecule has 0 saturated carbocycles. The standard InChI is InChI=1S/C17H18FN3O3/c1-24-15-9-13(18)7-8-14(15)19-11-16(22)21-17(23)20-10-12-5-3-2-4-6-12/h2-9,19H,10-11H2,1H3,(H2,20,21,22,23). The van der Waals surface area contributed by atoms with E-state index in [0.29, 0.717) is 12.2 Å². The molecule has 0 aromatic heterocycles. The molecule has 7 heteroatoms. The van der Waals surface area contributed by atoms with Crippen molar-refractivity contribution in [3.63, 3.8) is 0 Å². The molecule has 6 nitrogen and oxygen atoms in total. The smallest absolute Gasteiger partial charge is 0.321 e. The van der Waals surface area contributed by atoms with Crippen molar-refractivity contribution in [3.8, 4) is 5.75 Å². The molecule has 0 unspecified atom stereocenters. The van der Waals surface area contributed by atoms with Gasteiger partial charge in [0.15, 0.2) is 0 Å². The monoisotopic (exact) mass is 331 g/mol. The van der Waals surface area contributed by atoms with Crippen LogP contribution in [0.25, 0.3) is 0 Å². The molecule has 0 aliphatic rings. The molecule has 2 aromatic carbocycles. The number of hydrogen-bond donors (Lipinski definition) is 3. The first-order valence-electron chi connectivity index (χ1n) is 7.27. The molecule has 0 heterocycles. The normalized spacial score (nSPS) is 9.92. The summed E-state index contributed by atoms with van der Waals surface area (Å²) in [5.41, 5.74) is 1.38. The topological polar surface area (TPSA) is 79.5 Å². The highest BCUT2D eigenvalue weighted by atomic mass is 19.1. The fraction of sp³-hybridized carbons (Fsp3) is 0.176. The molecule has 3 amide bonds. The van der Waals surface area contributed by atoms with Gasteiger partial charge in [-0.3, -0.25) is 10.1 Å². The third-order valence-electron chi connectivity index (χ3n) is 3.15. The van der Waals surface area contributed by atoms with Crippen molar-refractivity contribution in [2.24, 2.45) is 0 Å². The number of hydrogen-bond acceptors (Lipinski definition) is 4. The summed E-state index contributed by atoms with van der Waals surface area (Å²) in [6.45, 7) is 0.167. The molecule has 126 valence electrons. The zero-order chi connectivity index (χ0) is 17.4. The Labute approximate surface area is 139 Å². The van der Waals surface area contributed by atoms with E-state index in [1.54, 1.807) is 0 Å². The minimum atomic E-state index is -0.586. The highest BCUT2D eigenvalue weighted by Crippen LogP contribution is 2.24. The first kappa shape index (κ1) is 17.3. The predicted molar refractivity (Wildman–Crippen MR) is 88.3 cm³/mol. The number of imide groups is 1. The average molecular weight is 331 g/mol. The summed E-state index contributed by atoms with van der Waals surface area (Å²) in [5, 5.41) is 7.57. The van der Waals surface area contributed by atoms with Gasteiger partial charge in [-0.2, -0.15) is 0 Å². The van der Waals surface area contributed by atoms with Crippen LogP contribution in [-0.2, 0) is 11.3 Å². The third-order valence-corrected chi connectivity index (χ3v) is 3.15. The number of halogens is 1. The lowest BCUT2D eigenvalue weighted by Gasteiger charge is -2.11. The zero-order valence-electron chi connectivity index (χ0n) is 13.1. The number of nitrogens with one attached hydrogen (secondary N) is 3. The van der Waals surface area contributed by atoms with Crippen LogP contribution in [0.1, 0.15) is 5.56 Å². The maximum atomic E-state index is 13.1. The quantitative estimate of drug-likeness (QED) is 0.759. The molecule has 0 fully saturated rings. The lowest BCUT2D eigenvalue weighted by molar-refractivity contribution is -0.118. The van der Waals surface area contributed by atoms with Gasteiger partial charge in [-0.15, -0.1) is 0 Å². The molecule has 0 radical (unpaired) electrons. The Morgan fingerprint density at radius 2 is 1.88 bits per heavy atom. The summed E-state index contributed by atoms with van der Waals surface area (Å²) in [4.78, 5) is 23.4. The Morgan fingerprint density at radius 3 is 2.58 bits per heavy atom. The Kier molecular flexibility index (Phi) is 6.13. The van der Waals surface area contributed by atoms with Gasteiger partial charge in [0.05, 0.1) is 19.3 Å². The van der Waals surface area contributed by atoms with Crippen LogP contribution in [0.5, 0.6) is 5.75 Å². The highest BCUT2D eigenvalue weighted by Gasteiger charge is 2.09. The van der Waals surface area contributed by atoms with Gasteiger partial charge in [0.25, 0.3) is 0 Å². The van der Waals surface area contributed by atoms with E-state index in [0.717, 1.165) is 5.56 Å². The molecular formula is C17H18FN3O3. The Balaban J connectivity index is 1.77. The van der Waals surface area contributed by atoms with Crippen LogP contribution in [0.2, 0.25) is 0 Å². The van der Waals surface area contributed by atoms with E-state index in [9.17, 15) is 14.0 Å². The molecule has 2 aromatic rings. The van der Waals surface area contributed by atoms with Gasteiger partial charge in [-0.1, -0.05) is 30.3 Å². The number of anilines is 1. The van der Waals surface area contributed by atoms with Crippen molar-refractivity contribution in [1.29, 1.82) is 0 Å². The van der Waals surface area contributed by atoms with Gasteiger partial charge >= 0.3 is 6.03 Å². The number of urea groups is 1. The van der Waals surface area contributed by atoms with Gasteiger partial charge in [0, 0.05) is 12.6 Å². The summed E-state index contributed by atoms with van der Waals surface area (Å²) in [6, 6.07) is 12.6. The minimum absolute atomic E-state index is 0.152. The largest absolute Gasteiger partial charge is 0.494 e. The van der Waals surface area contributed by atoms with E-state index in [4.69, 9.17) is 4.74 Å². The number of carbonyl (C=O) groups is 2. The third kappa shape index (κ3) is 5.28. The molecular weight excluding hydrogens is 313 g/mol. The second-order valence-electron chi connectivity index (χ2n) is 4.91. The van der Waals surface area contributed by atoms with Crippen molar-refractivity contribution >= 4 is 17.6 Å². The Hall–Kier alpha value is -3.09. The van der Waals surface area contributed by atoms with Crippen LogP contribution in [0.3, 0.4) is 0 Å². The van der Waals surface area contributed by atoms with Crippen molar-refractivity contribution in [3.05, 3.63) is 59.9 Å². The molecule has 0 atom stereocenters. The van der Waals surface area contributed by atoms with E-state index >= 15 is 0 Å². The fourth-order valence-corrected chi connectivity index (χ4v) is 1.98. The summed E-state index contributed by atoms with van der Waals surface area (Å²) >= 11 is 0. The summed E-state index contributed by atoms with van der Waals surface area (Å²) < 4.78 is 18.1. The second kappa shape index (κ2) is 8.52. The van der Waals surface area contributed by atoms with Crippen molar-refractivity contribution in [1.82, 2.24) is 10.6 Å². The van der Waals surface area contributed by atoms with E-state index < -0.39 is 17.8 Å².